The highest BCUT2D eigenvalue weighted by molar-refractivity contribution is 7.10. The Morgan fingerprint density at radius 3 is 2.93 bits per heavy atom. The third kappa shape index (κ3) is 3.65. The van der Waals surface area contributed by atoms with Crippen LogP contribution in [0.4, 0.5) is 10.8 Å². The van der Waals surface area contributed by atoms with Crippen molar-refractivity contribution in [1.29, 1.82) is 0 Å². The van der Waals surface area contributed by atoms with Crippen LogP contribution >= 0.6 is 11.5 Å². The molecule has 1 fully saturated rings. The number of carbonyl (C=O) groups is 1. The highest BCUT2D eigenvalue weighted by atomic mass is 32.1. The van der Waals surface area contributed by atoms with Crippen LogP contribution in [-0.2, 0) is 11.2 Å². The van der Waals surface area contributed by atoms with Gasteiger partial charge in [-0.15, -0.1) is 0 Å². The summed E-state index contributed by atoms with van der Waals surface area (Å²) in [5.74, 6) is 0.808. The van der Waals surface area contributed by atoms with Crippen LogP contribution in [0.25, 0.3) is 16.9 Å². The quantitative estimate of drug-likeness (QED) is 0.512. The van der Waals surface area contributed by atoms with E-state index in [9.17, 15) is 4.79 Å². The van der Waals surface area contributed by atoms with Gasteiger partial charge < -0.3 is 10.2 Å². The lowest BCUT2D eigenvalue weighted by Gasteiger charge is -2.26. The number of aromatic amines is 1. The van der Waals surface area contributed by atoms with Crippen LogP contribution in [0.5, 0.6) is 0 Å². The van der Waals surface area contributed by atoms with Crippen molar-refractivity contribution in [2.75, 3.05) is 18.4 Å². The summed E-state index contributed by atoms with van der Waals surface area (Å²) in [7, 11) is 0. The Labute approximate surface area is 177 Å². The molecule has 0 aromatic carbocycles. The number of anilines is 2. The molecule has 1 aliphatic rings. The summed E-state index contributed by atoms with van der Waals surface area (Å²) in [5.41, 5.74) is 4.25. The first kappa shape index (κ1) is 18.7. The van der Waals surface area contributed by atoms with Gasteiger partial charge in [0, 0.05) is 31.0 Å². The molecule has 0 bridgehead atoms. The number of likely N-dealkylation sites (tertiary alicyclic amines) is 1. The van der Waals surface area contributed by atoms with Crippen molar-refractivity contribution < 1.29 is 4.79 Å². The molecule has 1 amide bonds. The first-order valence-electron chi connectivity index (χ1n) is 10.0. The van der Waals surface area contributed by atoms with E-state index in [2.05, 4.69) is 29.9 Å². The number of hydrogen-bond acceptors (Lipinski definition) is 7. The van der Waals surface area contributed by atoms with Gasteiger partial charge in [0.05, 0.1) is 35.9 Å². The molecule has 4 aromatic rings. The maximum Gasteiger partial charge on any atom is 0.228 e. The average Bonchev–Trinajstić information content (AvgIpc) is 3.49. The largest absolute Gasteiger partial charge is 0.342 e. The van der Waals surface area contributed by atoms with E-state index in [0.717, 1.165) is 59.2 Å². The van der Waals surface area contributed by atoms with Crippen molar-refractivity contribution in [3.8, 4) is 11.3 Å². The van der Waals surface area contributed by atoms with Gasteiger partial charge in [-0.25, -0.2) is 9.97 Å². The van der Waals surface area contributed by atoms with Gasteiger partial charge >= 0.3 is 0 Å². The molecule has 9 nitrogen and oxygen atoms in total. The zero-order valence-corrected chi connectivity index (χ0v) is 17.4. The lowest BCUT2D eigenvalue weighted by Crippen LogP contribution is -2.36. The Balaban J connectivity index is 1.37. The summed E-state index contributed by atoms with van der Waals surface area (Å²) in [6.45, 7) is 3.66. The molecule has 1 aliphatic heterocycles. The summed E-state index contributed by atoms with van der Waals surface area (Å²) in [6, 6.07) is 1.92. The van der Waals surface area contributed by atoms with Gasteiger partial charge in [-0.2, -0.15) is 9.47 Å². The second-order valence-electron chi connectivity index (χ2n) is 7.48. The molecule has 10 heteroatoms. The number of H-pyrrole nitrogens is 1. The van der Waals surface area contributed by atoms with Gasteiger partial charge in [0.25, 0.3) is 0 Å². The number of aryl methyl sites for hydroxylation is 1. The molecule has 0 atom stereocenters. The summed E-state index contributed by atoms with van der Waals surface area (Å²) >= 11 is 1.33. The van der Waals surface area contributed by atoms with Crippen molar-refractivity contribution in [2.24, 2.45) is 0 Å². The lowest BCUT2D eigenvalue weighted by molar-refractivity contribution is -0.131. The minimum atomic E-state index is 0.153. The first-order valence-corrected chi connectivity index (χ1v) is 10.8. The Bertz CT molecular complexity index is 1170. The monoisotopic (exact) mass is 422 g/mol. The van der Waals surface area contributed by atoms with Gasteiger partial charge in [-0.05, 0) is 43.8 Å². The number of imidazole rings is 1. The molecule has 0 aliphatic carbocycles. The molecule has 0 unspecified atom stereocenters. The van der Waals surface area contributed by atoms with E-state index in [1.54, 1.807) is 6.20 Å². The normalized spacial score (nSPS) is 14.4. The van der Waals surface area contributed by atoms with Gasteiger partial charge in [0.2, 0.25) is 5.91 Å². The number of rotatable bonds is 5. The van der Waals surface area contributed by atoms with E-state index in [1.165, 1.54) is 18.0 Å². The van der Waals surface area contributed by atoms with E-state index in [-0.39, 0.29) is 5.91 Å². The van der Waals surface area contributed by atoms with Crippen LogP contribution in [0.1, 0.15) is 30.7 Å². The van der Waals surface area contributed by atoms with Gasteiger partial charge in [-0.3, -0.25) is 14.3 Å². The topological polar surface area (TPSA) is 104 Å². The molecule has 1 saturated heterocycles. The smallest absolute Gasteiger partial charge is 0.228 e. The van der Waals surface area contributed by atoms with E-state index >= 15 is 0 Å². The molecule has 154 valence electrons. The Hall–Kier alpha value is -3.27. The van der Waals surface area contributed by atoms with E-state index in [1.807, 2.05) is 40.9 Å². The number of fused-ring (bicyclic) bond motifs is 1. The zero-order chi connectivity index (χ0) is 20.5. The summed E-state index contributed by atoms with van der Waals surface area (Å²) in [6.07, 6.45) is 11.1. The Kier molecular flexibility index (Phi) is 4.91. The van der Waals surface area contributed by atoms with Crippen LogP contribution in [0.2, 0.25) is 0 Å². The number of nitrogens with one attached hydrogen (secondary N) is 2. The first-order chi connectivity index (χ1) is 14.7. The maximum absolute atomic E-state index is 12.5. The van der Waals surface area contributed by atoms with Crippen LogP contribution < -0.4 is 5.32 Å². The molecule has 4 aromatic heterocycles. The third-order valence-electron chi connectivity index (χ3n) is 5.25. The molecule has 0 radical (unpaired) electrons. The molecule has 5 rings (SSSR count). The number of aromatic nitrogens is 6. The fourth-order valence-electron chi connectivity index (χ4n) is 3.78. The molecule has 0 spiro atoms. The molecule has 30 heavy (non-hydrogen) atoms. The lowest BCUT2D eigenvalue weighted by atomic mass is 10.1. The van der Waals surface area contributed by atoms with Crippen molar-refractivity contribution in [3.63, 3.8) is 0 Å². The van der Waals surface area contributed by atoms with Gasteiger partial charge in [0.15, 0.2) is 11.5 Å². The highest BCUT2D eigenvalue weighted by Crippen LogP contribution is 2.27. The van der Waals surface area contributed by atoms with Crippen molar-refractivity contribution >= 4 is 33.9 Å². The van der Waals surface area contributed by atoms with Crippen LogP contribution in [0, 0.1) is 6.92 Å². The van der Waals surface area contributed by atoms with Crippen molar-refractivity contribution in [2.45, 2.75) is 32.6 Å². The van der Waals surface area contributed by atoms with Crippen LogP contribution in [0.15, 0.2) is 30.9 Å². The Morgan fingerprint density at radius 1 is 1.27 bits per heavy atom. The average molecular weight is 423 g/mol. The maximum atomic E-state index is 12.5. The number of piperidine rings is 1. The summed E-state index contributed by atoms with van der Waals surface area (Å²) in [5, 5.41) is 11.0. The Morgan fingerprint density at radius 2 is 2.13 bits per heavy atom. The highest BCUT2D eigenvalue weighted by Gasteiger charge is 2.19. The number of carbonyl (C=O) groups excluding carboxylic acids is 1. The third-order valence-corrected chi connectivity index (χ3v) is 5.99. The van der Waals surface area contributed by atoms with Crippen molar-refractivity contribution in [1.82, 2.24) is 33.8 Å². The number of nitrogens with zero attached hydrogens (tertiary/aromatic N) is 6. The molecule has 2 N–H and O–H groups in total. The predicted octanol–water partition coefficient (Wildman–Crippen LogP) is 3.18. The predicted molar refractivity (Wildman–Crippen MR) is 115 cm³/mol. The SMILES string of the molecule is Cc1cn2c(-c3cn[nH]c3)cnc2c(Nc2cc(CC(=O)N3CCCCC3)ns2)n1. The van der Waals surface area contributed by atoms with E-state index in [0.29, 0.717) is 12.2 Å². The standard InChI is InChI=1S/C20H22N8OS/c1-13-12-28-16(14-9-22-23-10-14)11-21-20(28)19(24-13)25-17-7-15(26-30-17)8-18(29)27-5-3-2-4-6-27/h7,9-12H,2-6,8H2,1H3,(H,22,23)(H,24,25). The van der Waals surface area contributed by atoms with Gasteiger partial charge in [0.1, 0.15) is 5.00 Å². The minimum absolute atomic E-state index is 0.153. The molecular formula is C20H22N8OS. The second kappa shape index (κ2) is 7.86. The minimum Gasteiger partial charge on any atom is -0.342 e. The fourth-order valence-corrected chi connectivity index (χ4v) is 4.44. The van der Waals surface area contributed by atoms with Crippen molar-refractivity contribution in [3.05, 3.63) is 42.2 Å². The number of amides is 1. The molecule has 0 saturated carbocycles. The molecular weight excluding hydrogens is 400 g/mol. The van der Waals surface area contributed by atoms with Crippen LogP contribution in [0.3, 0.4) is 0 Å². The van der Waals surface area contributed by atoms with E-state index < -0.39 is 0 Å². The van der Waals surface area contributed by atoms with E-state index in [4.69, 9.17) is 0 Å². The summed E-state index contributed by atoms with van der Waals surface area (Å²) in [4.78, 5) is 23.6. The van der Waals surface area contributed by atoms with Gasteiger partial charge in [-0.1, -0.05) is 0 Å². The summed E-state index contributed by atoms with van der Waals surface area (Å²) < 4.78 is 6.46. The molecule has 5 heterocycles. The fraction of sp³-hybridized carbons (Fsp3) is 0.350. The van der Waals surface area contributed by atoms with Crippen LogP contribution in [-0.4, -0.2) is 52.8 Å². The second-order valence-corrected chi connectivity index (χ2v) is 8.29. The zero-order valence-electron chi connectivity index (χ0n) is 16.6. The number of hydrogen-bond donors (Lipinski definition) is 2.